The Morgan fingerprint density at radius 1 is 1.19 bits per heavy atom. The maximum atomic E-state index is 5.93. The van der Waals surface area contributed by atoms with E-state index >= 15 is 0 Å². The zero-order chi connectivity index (χ0) is 15.2. The van der Waals surface area contributed by atoms with Crippen LogP contribution in [0.2, 0.25) is 13.1 Å². The molecule has 0 saturated carbocycles. The summed E-state index contributed by atoms with van der Waals surface area (Å²) in [7, 11) is -0.790. The van der Waals surface area contributed by atoms with Crippen molar-refractivity contribution in [1.29, 1.82) is 0 Å². The molecule has 1 aromatic carbocycles. The Balaban J connectivity index is 2.16. The first-order valence-corrected chi connectivity index (χ1v) is 9.36. The van der Waals surface area contributed by atoms with Crippen LogP contribution in [-0.2, 0) is 0 Å². The van der Waals surface area contributed by atoms with Crippen LogP contribution >= 0.6 is 0 Å². The van der Waals surface area contributed by atoms with Crippen LogP contribution in [0.1, 0.15) is 29.9 Å². The molecular formula is C16H20N3OSi. The molecule has 2 aromatic rings. The highest BCUT2D eigenvalue weighted by Crippen LogP contribution is 2.27. The summed E-state index contributed by atoms with van der Waals surface area (Å²) in [6, 6.07) is 8.06. The van der Waals surface area contributed by atoms with E-state index in [-0.39, 0.29) is 6.04 Å². The van der Waals surface area contributed by atoms with E-state index in [0.717, 1.165) is 16.9 Å². The van der Waals surface area contributed by atoms with Gasteiger partial charge in [0.2, 0.25) is 0 Å². The predicted molar refractivity (Wildman–Crippen MR) is 87.3 cm³/mol. The molecule has 5 heteroatoms. The summed E-state index contributed by atoms with van der Waals surface area (Å²) in [6.07, 6.45) is 5.29. The minimum Gasteiger partial charge on any atom is -0.542 e. The van der Waals surface area contributed by atoms with Crippen LogP contribution in [0, 0.1) is 6.92 Å². The number of aryl methyl sites for hydroxylation is 1. The lowest BCUT2D eigenvalue weighted by atomic mass is 10.1. The third kappa shape index (κ3) is 4.49. The van der Waals surface area contributed by atoms with Crippen molar-refractivity contribution < 1.29 is 4.43 Å². The van der Waals surface area contributed by atoms with Gasteiger partial charge >= 0.3 is 0 Å². The largest absolute Gasteiger partial charge is 0.542 e. The Bertz CT molecular complexity index is 611. The summed E-state index contributed by atoms with van der Waals surface area (Å²) in [4.78, 5) is 13.0. The van der Waals surface area contributed by atoms with Crippen LogP contribution in [0.5, 0.6) is 5.75 Å². The third-order valence-corrected chi connectivity index (χ3v) is 3.53. The highest BCUT2D eigenvalue weighted by Gasteiger charge is 2.11. The fourth-order valence-corrected chi connectivity index (χ4v) is 2.49. The first-order valence-electron chi connectivity index (χ1n) is 6.95. The molecule has 0 aliphatic rings. The van der Waals surface area contributed by atoms with Gasteiger partial charge in [-0.05, 0) is 38.6 Å². The topological polar surface area (TPSA) is 47.4 Å². The normalized spacial score (nSPS) is 12.8. The number of hydrogen-bond donors (Lipinski definition) is 0. The second kappa shape index (κ2) is 7.13. The summed E-state index contributed by atoms with van der Waals surface area (Å²) in [6.45, 7) is 8.25. The zero-order valence-corrected chi connectivity index (χ0v) is 13.9. The van der Waals surface area contributed by atoms with Gasteiger partial charge in [-0.15, -0.1) is 0 Å². The maximum Gasteiger partial charge on any atom is 0.274 e. The van der Waals surface area contributed by atoms with Gasteiger partial charge in [-0.1, -0.05) is 18.2 Å². The van der Waals surface area contributed by atoms with Crippen molar-refractivity contribution in [3.05, 3.63) is 53.6 Å². The zero-order valence-electron chi connectivity index (χ0n) is 12.9. The van der Waals surface area contributed by atoms with Gasteiger partial charge in [0.05, 0.1) is 12.3 Å². The molecule has 0 fully saturated rings. The summed E-state index contributed by atoms with van der Waals surface area (Å²) in [5.41, 5.74) is 2.13. The van der Waals surface area contributed by atoms with Gasteiger partial charge in [0, 0.05) is 18.0 Å². The summed E-state index contributed by atoms with van der Waals surface area (Å²) in [5, 5.41) is 0. The van der Waals surface area contributed by atoms with Gasteiger partial charge in [-0.2, -0.15) is 0 Å². The standard InChI is InChI=1S/C16H20N3OSi/c1-12-9-18-16(19-10-12)11-17-13(2)14-7-5-6-8-15(14)20-21(3)4/h5-11,13H,1-4H3. The second-order valence-electron chi connectivity index (χ2n) is 5.12. The van der Waals surface area contributed by atoms with Gasteiger partial charge in [-0.3, -0.25) is 4.99 Å². The Hall–Kier alpha value is -2.01. The van der Waals surface area contributed by atoms with E-state index < -0.39 is 9.04 Å². The lowest BCUT2D eigenvalue weighted by Gasteiger charge is -2.15. The van der Waals surface area contributed by atoms with Crippen molar-refractivity contribution in [1.82, 2.24) is 9.97 Å². The first-order chi connectivity index (χ1) is 10.1. The van der Waals surface area contributed by atoms with Crippen molar-refractivity contribution in [2.75, 3.05) is 0 Å². The van der Waals surface area contributed by atoms with E-state index in [4.69, 9.17) is 4.43 Å². The number of para-hydroxylation sites is 1. The van der Waals surface area contributed by atoms with Gasteiger partial charge in [0.25, 0.3) is 9.04 Å². The molecule has 21 heavy (non-hydrogen) atoms. The molecule has 1 unspecified atom stereocenters. The monoisotopic (exact) mass is 298 g/mol. The second-order valence-corrected chi connectivity index (χ2v) is 7.14. The molecule has 1 atom stereocenters. The molecule has 2 rings (SSSR count). The molecule has 0 aliphatic heterocycles. The van der Waals surface area contributed by atoms with Crippen LogP contribution < -0.4 is 4.43 Å². The molecule has 1 aromatic heterocycles. The summed E-state index contributed by atoms with van der Waals surface area (Å²) < 4.78 is 5.93. The smallest absolute Gasteiger partial charge is 0.274 e. The predicted octanol–water partition coefficient (Wildman–Crippen LogP) is 3.60. The SMILES string of the molecule is Cc1cnc(C=NC(C)c2ccccc2O[Si](C)C)nc1. The number of aromatic nitrogens is 2. The number of benzene rings is 1. The summed E-state index contributed by atoms with van der Waals surface area (Å²) >= 11 is 0. The van der Waals surface area contributed by atoms with E-state index in [1.807, 2.05) is 32.0 Å². The van der Waals surface area contributed by atoms with Gasteiger partial charge in [-0.25, -0.2) is 9.97 Å². The highest BCUT2D eigenvalue weighted by molar-refractivity contribution is 6.49. The molecule has 0 amide bonds. The number of rotatable bonds is 5. The Morgan fingerprint density at radius 3 is 2.52 bits per heavy atom. The molecule has 0 spiro atoms. The fraction of sp³-hybridized carbons (Fsp3) is 0.312. The minimum absolute atomic E-state index is 0.00690. The summed E-state index contributed by atoms with van der Waals surface area (Å²) in [5.74, 6) is 1.55. The number of nitrogens with zero attached hydrogens (tertiary/aromatic N) is 3. The van der Waals surface area contributed by atoms with Crippen LogP contribution in [0.3, 0.4) is 0 Å². The molecule has 1 heterocycles. The molecule has 0 bridgehead atoms. The fourth-order valence-electron chi connectivity index (χ4n) is 1.87. The molecule has 109 valence electrons. The molecule has 1 radical (unpaired) electrons. The van der Waals surface area contributed by atoms with Gasteiger partial charge < -0.3 is 4.43 Å². The average molecular weight is 298 g/mol. The highest BCUT2D eigenvalue weighted by atomic mass is 28.3. The van der Waals surface area contributed by atoms with Crippen molar-refractivity contribution in [2.24, 2.45) is 4.99 Å². The van der Waals surface area contributed by atoms with Crippen molar-refractivity contribution in [2.45, 2.75) is 33.0 Å². The van der Waals surface area contributed by atoms with E-state index in [0.29, 0.717) is 5.82 Å². The number of aliphatic imine (C=N–C) groups is 1. The number of hydrogen-bond acceptors (Lipinski definition) is 4. The molecule has 0 aliphatic carbocycles. The minimum atomic E-state index is -0.790. The lowest BCUT2D eigenvalue weighted by Crippen LogP contribution is -2.13. The first kappa shape index (κ1) is 15.4. The van der Waals surface area contributed by atoms with Gasteiger partial charge in [0.1, 0.15) is 5.75 Å². The molecule has 0 N–H and O–H groups in total. The van der Waals surface area contributed by atoms with Crippen LogP contribution in [0.4, 0.5) is 0 Å². The Labute approximate surface area is 127 Å². The Kier molecular flexibility index (Phi) is 5.22. The lowest BCUT2D eigenvalue weighted by molar-refractivity contribution is 0.563. The molecule has 4 nitrogen and oxygen atoms in total. The Morgan fingerprint density at radius 2 is 1.86 bits per heavy atom. The van der Waals surface area contributed by atoms with Crippen LogP contribution in [0.15, 0.2) is 41.7 Å². The molecule has 0 saturated heterocycles. The van der Waals surface area contributed by atoms with Crippen molar-refractivity contribution in [3.8, 4) is 5.75 Å². The van der Waals surface area contributed by atoms with E-state index in [9.17, 15) is 0 Å². The average Bonchev–Trinajstić information content (AvgIpc) is 2.46. The van der Waals surface area contributed by atoms with Crippen molar-refractivity contribution in [3.63, 3.8) is 0 Å². The third-order valence-electron chi connectivity index (χ3n) is 2.90. The van der Waals surface area contributed by atoms with Crippen LogP contribution in [-0.4, -0.2) is 25.2 Å². The van der Waals surface area contributed by atoms with E-state index in [1.165, 1.54) is 0 Å². The molecular weight excluding hydrogens is 278 g/mol. The van der Waals surface area contributed by atoms with Crippen molar-refractivity contribution >= 4 is 15.3 Å². The van der Waals surface area contributed by atoms with E-state index in [1.54, 1.807) is 18.6 Å². The quantitative estimate of drug-likeness (QED) is 0.626. The van der Waals surface area contributed by atoms with Gasteiger partial charge in [0.15, 0.2) is 5.82 Å². The maximum absolute atomic E-state index is 5.93. The van der Waals surface area contributed by atoms with E-state index in [2.05, 4.69) is 34.1 Å². The van der Waals surface area contributed by atoms with Crippen LogP contribution in [0.25, 0.3) is 0 Å².